The molecule has 0 saturated heterocycles. The molecule has 1 N–H and O–H groups in total. The zero-order valence-electron chi connectivity index (χ0n) is 12.1. The van der Waals surface area contributed by atoms with Gasteiger partial charge in [-0.1, -0.05) is 64.0 Å². The van der Waals surface area contributed by atoms with Crippen molar-refractivity contribution in [3.63, 3.8) is 0 Å². The summed E-state index contributed by atoms with van der Waals surface area (Å²) in [5.41, 5.74) is 1.94. The van der Waals surface area contributed by atoms with Gasteiger partial charge in [0, 0.05) is 15.5 Å². The van der Waals surface area contributed by atoms with Crippen molar-refractivity contribution >= 4 is 44.2 Å². The first kappa shape index (κ1) is 17.7. The molecule has 1 unspecified atom stereocenters. The molecule has 0 amide bonds. The second kappa shape index (κ2) is 7.77. The highest BCUT2D eigenvalue weighted by molar-refractivity contribution is 14.1. The molecule has 0 saturated carbocycles. The first-order valence-electron chi connectivity index (χ1n) is 6.83. The number of rotatable bonds is 6. The van der Waals surface area contributed by atoms with Crippen LogP contribution in [0.5, 0.6) is 0 Å². The van der Waals surface area contributed by atoms with E-state index in [4.69, 9.17) is 11.6 Å². The van der Waals surface area contributed by atoms with E-state index < -0.39 is 10.0 Å². The highest BCUT2D eigenvalue weighted by atomic mass is 127. The van der Waals surface area contributed by atoms with E-state index in [0.29, 0.717) is 11.4 Å². The van der Waals surface area contributed by atoms with Crippen LogP contribution >= 0.6 is 34.2 Å². The number of sulfonamides is 1. The van der Waals surface area contributed by atoms with Gasteiger partial charge in [-0.25, -0.2) is 13.1 Å². The summed E-state index contributed by atoms with van der Waals surface area (Å²) in [5, 5.41) is 0.637. The van der Waals surface area contributed by atoms with Crippen molar-refractivity contribution in [1.82, 2.24) is 4.72 Å². The van der Waals surface area contributed by atoms with E-state index in [0.717, 1.165) is 15.6 Å². The van der Waals surface area contributed by atoms with Crippen LogP contribution in [0.3, 0.4) is 0 Å². The van der Waals surface area contributed by atoms with Crippen LogP contribution in [0.2, 0.25) is 5.02 Å². The van der Waals surface area contributed by atoms with Gasteiger partial charge in [0.1, 0.15) is 0 Å². The van der Waals surface area contributed by atoms with E-state index in [-0.39, 0.29) is 10.9 Å². The van der Waals surface area contributed by atoms with Crippen LogP contribution in [0, 0.1) is 6.92 Å². The summed E-state index contributed by atoms with van der Waals surface area (Å²) >= 11 is 8.14. The lowest BCUT2D eigenvalue weighted by atomic mass is 10.1. The Kier molecular flexibility index (Phi) is 6.26. The average Bonchev–Trinajstić information content (AvgIpc) is 2.48. The summed E-state index contributed by atoms with van der Waals surface area (Å²) in [7, 11) is -3.54. The molecule has 0 aromatic heterocycles. The normalized spacial score (nSPS) is 13.0. The van der Waals surface area contributed by atoms with Crippen molar-refractivity contribution in [1.29, 1.82) is 0 Å². The van der Waals surface area contributed by atoms with Gasteiger partial charge in [0.25, 0.3) is 0 Å². The number of halogens is 2. The third kappa shape index (κ3) is 4.68. The van der Waals surface area contributed by atoms with E-state index in [1.807, 2.05) is 19.1 Å². The summed E-state index contributed by atoms with van der Waals surface area (Å²) in [6.45, 7) is 1.93. The molecule has 0 aliphatic rings. The van der Waals surface area contributed by atoms with Gasteiger partial charge in [0.05, 0.1) is 4.90 Å². The highest BCUT2D eigenvalue weighted by Crippen LogP contribution is 2.23. The molecule has 2 aromatic carbocycles. The number of hydrogen-bond acceptors (Lipinski definition) is 2. The van der Waals surface area contributed by atoms with Crippen molar-refractivity contribution in [2.24, 2.45) is 0 Å². The molecule has 0 fully saturated rings. The molecule has 2 aromatic rings. The minimum Gasteiger partial charge on any atom is -0.207 e. The maximum absolute atomic E-state index is 12.5. The maximum atomic E-state index is 12.5. The molecular formula is C16H17ClINO2S. The molecule has 0 spiro atoms. The minimum absolute atomic E-state index is 0.263. The van der Waals surface area contributed by atoms with E-state index in [9.17, 15) is 8.42 Å². The average molecular weight is 450 g/mol. The molecule has 3 nitrogen and oxygen atoms in total. The standard InChI is InChI=1S/C16H17ClINO2S/c1-12-2-8-15(9-3-12)22(20,21)19-16(10-11-18)13-4-6-14(17)7-5-13/h2-9,16,19H,10-11H2,1H3. The third-order valence-electron chi connectivity index (χ3n) is 3.30. The Morgan fingerprint density at radius 1 is 1.09 bits per heavy atom. The van der Waals surface area contributed by atoms with Crippen LogP contribution in [0.25, 0.3) is 0 Å². The van der Waals surface area contributed by atoms with Crippen LogP contribution in [0.4, 0.5) is 0 Å². The van der Waals surface area contributed by atoms with E-state index in [1.54, 1.807) is 36.4 Å². The highest BCUT2D eigenvalue weighted by Gasteiger charge is 2.20. The van der Waals surface area contributed by atoms with E-state index >= 15 is 0 Å². The Labute approximate surface area is 150 Å². The molecule has 0 heterocycles. The maximum Gasteiger partial charge on any atom is 0.241 e. The van der Waals surface area contributed by atoms with Crippen LogP contribution in [0.15, 0.2) is 53.4 Å². The Hall–Kier alpha value is -0.630. The molecule has 0 radical (unpaired) electrons. The smallest absolute Gasteiger partial charge is 0.207 e. The number of benzene rings is 2. The van der Waals surface area contributed by atoms with Gasteiger partial charge >= 0.3 is 0 Å². The van der Waals surface area contributed by atoms with Crippen molar-refractivity contribution in [3.05, 3.63) is 64.7 Å². The molecular weight excluding hydrogens is 433 g/mol. The lowest BCUT2D eigenvalue weighted by molar-refractivity contribution is 0.552. The van der Waals surface area contributed by atoms with E-state index in [1.165, 1.54) is 0 Å². The van der Waals surface area contributed by atoms with Crippen LogP contribution in [0.1, 0.15) is 23.6 Å². The first-order chi connectivity index (χ1) is 10.4. The first-order valence-corrected chi connectivity index (χ1v) is 10.2. The van der Waals surface area contributed by atoms with Crippen molar-refractivity contribution in [2.75, 3.05) is 4.43 Å². The number of aryl methyl sites for hydroxylation is 1. The monoisotopic (exact) mass is 449 g/mol. The van der Waals surface area contributed by atoms with Gasteiger partial charge in [-0.05, 0) is 43.2 Å². The fourth-order valence-corrected chi connectivity index (χ4v) is 4.08. The van der Waals surface area contributed by atoms with Gasteiger partial charge in [-0.2, -0.15) is 0 Å². The number of hydrogen-bond donors (Lipinski definition) is 1. The van der Waals surface area contributed by atoms with E-state index in [2.05, 4.69) is 27.3 Å². The van der Waals surface area contributed by atoms with Gasteiger partial charge in [0.2, 0.25) is 10.0 Å². The molecule has 118 valence electrons. The van der Waals surface area contributed by atoms with Gasteiger partial charge in [-0.15, -0.1) is 0 Å². The molecule has 0 bridgehead atoms. The second-order valence-electron chi connectivity index (χ2n) is 5.02. The topological polar surface area (TPSA) is 46.2 Å². The van der Waals surface area contributed by atoms with Crippen molar-refractivity contribution in [2.45, 2.75) is 24.3 Å². The zero-order chi connectivity index (χ0) is 16.2. The van der Waals surface area contributed by atoms with Gasteiger partial charge in [0.15, 0.2) is 0 Å². The van der Waals surface area contributed by atoms with Gasteiger partial charge < -0.3 is 0 Å². The van der Waals surface area contributed by atoms with Crippen molar-refractivity contribution < 1.29 is 8.42 Å². The quantitative estimate of drug-likeness (QED) is 0.522. The largest absolute Gasteiger partial charge is 0.241 e. The van der Waals surface area contributed by atoms with Crippen molar-refractivity contribution in [3.8, 4) is 0 Å². The van der Waals surface area contributed by atoms with Crippen LogP contribution in [-0.4, -0.2) is 12.8 Å². The minimum atomic E-state index is -3.54. The zero-order valence-corrected chi connectivity index (χ0v) is 15.8. The molecule has 22 heavy (non-hydrogen) atoms. The lowest BCUT2D eigenvalue weighted by Gasteiger charge is -2.18. The molecule has 1 atom stereocenters. The molecule has 6 heteroatoms. The number of alkyl halides is 1. The summed E-state index contributed by atoms with van der Waals surface area (Å²) in [4.78, 5) is 0.283. The predicted octanol–water partition coefficient (Wildman–Crippen LogP) is 4.49. The summed E-state index contributed by atoms with van der Waals surface area (Å²) in [6.07, 6.45) is 0.716. The Bertz CT molecular complexity index is 715. The Balaban J connectivity index is 2.26. The number of nitrogens with one attached hydrogen (secondary N) is 1. The molecule has 0 aliphatic heterocycles. The summed E-state index contributed by atoms with van der Waals surface area (Å²) in [6, 6.07) is 13.8. The van der Waals surface area contributed by atoms with Crippen LogP contribution in [-0.2, 0) is 10.0 Å². The summed E-state index contributed by atoms with van der Waals surface area (Å²) in [5.74, 6) is 0. The SMILES string of the molecule is Cc1ccc(S(=O)(=O)NC(CCI)c2ccc(Cl)cc2)cc1. The second-order valence-corrected chi connectivity index (χ2v) is 8.25. The molecule has 2 rings (SSSR count). The Morgan fingerprint density at radius 3 is 2.23 bits per heavy atom. The van der Waals surface area contributed by atoms with Gasteiger partial charge in [-0.3, -0.25) is 0 Å². The summed E-state index contributed by atoms with van der Waals surface area (Å²) < 4.78 is 28.7. The van der Waals surface area contributed by atoms with Crippen LogP contribution < -0.4 is 4.72 Å². The third-order valence-corrected chi connectivity index (χ3v) is 5.66. The lowest BCUT2D eigenvalue weighted by Crippen LogP contribution is -2.29. The Morgan fingerprint density at radius 2 is 1.68 bits per heavy atom. The fourth-order valence-electron chi connectivity index (χ4n) is 2.07. The molecule has 0 aliphatic carbocycles. The fraction of sp³-hybridized carbons (Fsp3) is 0.250. The predicted molar refractivity (Wildman–Crippen MR) is 99.2 cm³/mol.